The molecule has 0 N–H and O–H groups in total. The molecule has 1 heterocycles. The van der Waals surface area contributed by atoms with Crippen LogP contribution in [-0.2, 0) is 0 Å². The van der Waals surface area contributed by atoms with E-state index in [9.17, 15) is 4.39 Å². The maximum absolute atomic E-state index is 13.3. The largest absolute Gasteiger partial charge is 0.369 e. The van der Waals surface area contributed by atoms with Crippen molar-refractivity contribution in [3.8, 4) is 0 Å². The van der Waals surface area contributed by atoms with Gasteiger partial charge in [0.15, 0.2) is 0 Å². The molecule has 3 rings (SSSR count). The molecule has 2 aromatic carbocycles. The highest BCUT2D eigenvalue weighted by Gasteiger charge is 2.33. The van der Waals surface area contributed by atoms with Crippen LogP contribution in [-0.4, -0.2) is 18.8 Å². The summed E-state index contributed by atoms with van der Waals surface area (Å²) < 4.78 is 13.3. The second-order valence-electron chi connectivity index (χ2n) is 7.49. The van der Waals surface area contributed by atoms with Crippen molar-refractivity contribution in [2.45, 2.75) is 45.6 Å². The van der Waals surface area contributed by atoms with Crippen LogP contribution in [0.1, 0.15) is 49.8 Å². The van der Waals surface area contributed by atoms with Gasteiger partial charge < -0.3 is 4.90 Å². The number of anilines is 1. The van der Waals surface area contributed by atoms with Crippen molar-refractivity contribution in [1.82, 2.24) is 0 Å². The van der Waals surface area contributed by atoms with Gasteiger partial charge in [0, 0.05) is 24.5 Å². The zero-order valence-electron chi connectivity index (χ0n) is 15.1. The Labute approximate surface area is 144 Å². The number of hydrogen-bond donors (Lipinski definition) is 0. The van der Waals surface area contributed by atoms with Gasteiger partial charge in [0.25, 0.3) is 0 Å². The smallest absolute Gasteiger partial charge is 0.126 e. The molecule has 0 fully saturated rings. The maximum atomic E-state index is 13.3. The fourth-order valence-corrected chi connectivity index (χ4v) is 3.53. The van der Waals surface area contributed by atoms with Crippen LogP contribution in [0.15, 0.2) is 41.4 Å². The zero-order valence-corrected chi connectivity index (χ0v) is 15.1. The van der Waals surface area contributed by atoms with Crippen LogP contribution in [0.3, 0.4) is 0 Å². The minimum atomic E-state index is -0.192. The van der Waals surface area contributed by atoms with E-state index >= 15 is 0 Å². The number of aryl methyl sites for hydroxylation is 1. The number of hydrogen-bond acceptors (Lipinski definition) is 2. The third kappa shape index (κ3) is 3.08. The average molecular weight is 324 g/mol. The van der Waals surface area contributed by atoms with E-state index < -0.39 is 0 Å². The van der Waals surface area contributed by atoms with Gasteiger partial charge in [-0.3, -0.25) is 4.99 Å². The number of nitrogens with zero attached hydrogens (tertiary/aromatic N) is 2. The highest BCUT2D eigenvalue weighted by molar-refractivity contribution is 5.83. The first-order chi connectivity index (χ1) is 11.3. The molecule has 1 atom stereocenters. The van der Waals surface area contributed by atoms with Crippen LogP contribution < -0.4 is 4.90 Å². The first-order valence-electron chi connectivity index (χ1n) is 8.46. The van der Waals surface area contributed by atoms with Crippen LogP contribution in [0.5, 0.6) is 0 Å². The molecule has 1 aliphatic heterocycles. The lowest BCUT2D eigenvalue weighted by atomic mass is 9.80. The van der Waals surface area contributed by atoms with Gasteiger partial charge in [-0.15, -0.1) is 0 Å². The summed E-state index contributed by atoms with van der Waals surface area (Å²) in [5, 5.41) is 0. The third-order valence-electron chi connectivity index (χ3n) is 5.16. The Morgan fingerprint density at radius 2 is 1.96 bits per heavy atom. The van der Waals surface area contributed by atoms with Crippen molar-refractivity contribution >= 4 is 17.6 Å². The van der Waals surface area contributed by atoms with E-state index in [1.807, 2.05) is 6.21 Å². The molecule has 0 saturated carbocycles. The van der Waals surface area contributed by atoms with Crippen molar-refractivity contribution in [3.05, 3.63) is 58.9 Å². The molecule has 0 aromatic heterocycles. The Bertz CT molecular complexity index is 792. The van der Waals surface area contributed by atoms with Gasteiger partial charge in [0.1, 0.15) is 5.82 Å². The Balaban J connectivity index is 1.90. The lowest BCUT2D eigenvalue weighted by Crippen LogP contribution is -2.45. The van der Waals surface area contributed by atoms with Gasteiger partial charge in [0.05, 0.1) is 5.69 Å². The summed E-state index contributed by atoms with van der Waals surface area (Å²) in [5.74, 6) is 0.329. The fourth-order valence-electron chi connectivity index (χ4n) is 3.53. The van der Waals surface area contributed by atoms with Gasteiger partial charge in [-0.2, -0.15) is 0 Å². The summed E-state index contributed by atoms with van der Waals surface area (Å²) in [6.07, 6.45) is 2.99. The predicted octanol–water partition coefficient (Wildman–Crippen LogP) is 5.61. The summed E-state index contributed by atoms with van der Waals surface area (Å²) in [4.78, 5) is 6.86. The molecule has 1 aliphatic rings. The summed E-state index contributed by atoms with van der Waals surface area (Å²) in [6.45, 7) is 8.63. The maximum Gasteiger partial charge on any atom is 0.126 e. The SMILES string of the molecule is Cc1cc(N=Cc2ccc3c(c2)C(C)CC(C)(C)N3C)ccc1F. The molecule has 24 heavy (non-hydrogen) atoms. The van der Waals surface area contributed by atoms with Crippen molar-refractivity contribution in [2.75, 3.05) is 11.9 Å². The number of aliphatic imine (C=N–C) groups is 1. The summed E-state index contributed by atoms with van der Waals surface area (Å²) >= 11 is 0. The normalized spacial score (nSPS) is 19.6. The molecule has 0 amide bonds. The number of halogens is 1. The highest BCUT2D eigenvalue weighted by Crippen LogP contribution is 2.42. The molecule has 1 unspecified atom stereocenters. The molecule has 2 nitrogen and oxygen atoms in total. The lowest BCUT2D eigenvalue weighted by molar-refractivity contribution is 0.395. The molecule has 0 radical (unpaired) electrons. The fraction of sp³-hybridized carbons (Fsp3) is 0.381. The molecule has 2 aromatic rings. The van der Waals surface area contributed by atoms with Crippen molar-refractivity contribution in [2.24, 2.45) is 4.99 Å². The molecule has 0 saturated heterocycles. The second-order valence-corrected chi connectivity index (χ2v) is 7.49. The molecular weight excluding hydrogens is 299 g/mol. The van der Waals surface area contributed by atoms with E-state index in [-0.39, 0.29) is 11.4 Å². The van der Waals surface area contributed by atoms with Gasteiger partial charge in [0.2, 0.25) is 0 Å². The van der Waals surface area contributed by atoms with Crippen LogP contribution in [0.25, 0.3) is 0 Å². The van der Waals surface area contributed by atoms with Gasteiger partial charge in [-0.05, 0) is 80.1 Å². The van der Waals surface area contributed by atoms with E-state index in [0.717, 1.165) is 17.7 Å². The molecule has 3 heteroatoms. The molecule has 0 spiro atoms. The highest BCUT2D eigenvalue weighted by atomic mass is 19.1. The van der Waals surface area contributed by atoms with Crippen LogP contribution in [0.4, 0.5) is 15.8 Å². The van der Waals surface area contributed by atoms with Crippen molar-refractivity contribution in [1.29, 1.82) is 0 Å². The summed E-state index contributed by atoms with van der Waals surface area (Å²) in [6, 6.07) is 11.5. The van der Waals surface area contributed by atoms with Gasteiger partial charge in [-0.25, -0.2) is 4.39 Å². The van der Waals surface area contributed by atoms with Crippen molar-refractivity contribution in [3.63, 3.8) is 0 Å². The average Bonchev–Trinajstić information content (AvgIpc) is 2.53. The summed E-state index contributed by atoms with van der Waals surface area (Å²) in [5.41, 5.74) is 5.32. The van der Waals surface area contributed by atoms with Gasteiger partial charge in [-0.1, -0.05) is 13.0 Å². The number of rotatable bonds is 2. The van der Waals surface area contributed by atoms with E-state index in [1.54, 1.807) is 19.1 Å². The monoisotopic (exact) mass is 324 g/mol. The Kier molecular flexibility index (Phi) is 4.20. The minimum absolute atomic E-state index is 0.174. The standard InChI is InChI=1S/C21H25FN2/c1-14-10-17(7-8-19(14)22)23-13-16-6-9-20-18(11-16)15(2)12-21(3,4)24(20)5/h6-11,13,15H,12H2,1-5H3. The number of fused-ring (bicyclic) bond motifs is 1. The number of benzene rings is 2. The van der Waals surface area contributed by atoms with Crippen LogP contribution in [0, 0.1) is 12.7 Å². The molecule has 0 aliphatic carbocycles. The second kappa shape index (κ2) is 6.04. The van der Waals surface area contributed by atoms with E-state index in [2.05, 4.69) is 55.9 Å². The van der Waals surface area contributed by atoms with Crippen molar-refractivity contribution < 1.29 is 4.39 Å². The van der Waals surface area contributed by atoms with E-state index in [4.69, 9.17) is 0 Å². The Morgan fingerprint density at radius 1 is 1.21 bits per heavy atom. The van der Waals surface area contributed by atoms with Crippen LogP contribution in [0.2, 0.25) is 0 Å². The first kappa shape index (κ1) is 16.7. The first-order valence-corrected chi connectivity index (χ1v) is 8.46. The lowest BCUT2D eigenvalue weighted by Gasteiger charge is -2.45. The molecular formula is C21H25FN2. The van der Waals surface area contributed by atoms with Gasteiger partial charge >= 0.3 is 0 Å². The quantitative estimate of drug-likeness (QED) is 0.656. The Hall–Kier alpha value is -2.16. The topological polar surface area (TPSA) is 15.6 Å². The zero-order chi connectivity index (χ0) is 17.5. The summed E-state index contributed by atoms with van der Waals surface area (Å²) in [7, 11) is 2.17. The van der Waals surface area contributed by atoms with E-state index in [1.165, 1.54) is 17.3 Å². The molecule has 0 bridgehead atoms. The van der Waals surface area contributed by atoms with Crippen LogP contribution >= 0.6 is 0 Å². The third-order valence-corrected chi connectivity index (χ3v) is 5.16. The van der Waals surface area contributed by atoms with E-state index in [0.29, 0.717) is 11.5 Å². The Morgan fingerprint density at radius 3 is 2.67 bits per heavy atom. The predicted molar refractivity (Wildman–Crippen MR) is 100 cm³/mol. The minimum Gasteiger partial charge on any atom is -0.369 e. The molecule has 126 valence electrons.